The number of imidazole rings is 1. The minimum absolute atomic E-state index is 0.170. The topological polar surface area (TPSA) is 83.9 Å². The summed E-state index contributed by atoms with van der Waals surface area (Å²) in [5.74, 6) is 1.25. The quantitative estimate of drug-likeness (QED) is 0.210. The number of methoxy groups -OCH3 is 2. The first-order chi connectivity index (χ1) is 17.1. The van der Waals surface area contributed by atoms with Crippen molar-refractivity contribution in [3.05, 3.63) is 40.5 Å². The van der Waals surface area contributed by atoms with Gasteiger partial charge in [-0.15, -0.1) is 16.4 Å². The van der Waals surface area contributed by atoms with Gasteiger partial charge in [-0.1, -0.05) is 6.92 Å². The van der Waals surface area contributed by atoms with Crippen LogP contribution in [0.2, 0.25) is 0 Å². The summed E-state index contributed by atoms with van der Waals surface area (Å²) in [6, 6.07) is 5.02. The Kier molecular flexibility index (Phi) is 6.03. The lowest BCUT2D eigenvalue weighted by Gasteiger charge is -2.24. The molecule has 0 aliphatic rings. The summed E-state index contributed by atoms with van der Waals surface area (Å²) in [4.78, 5) is 8.98. The molecule has 0 amide bonds. The second kappa shape index (κ2) is 8.92. The maximum atomic E-state index is 14.6. The maximum absolute atomic E-state index is 14.6. The van der Waals surface area contributed by atoms with Gasteiger partial charge in [-0.25, -0.2) is 18.9 Å². The number of benzene rings is 1. The lowest BCUT2D eigenvalue weighted by Crippen LogP contribution is -2.37. The van der Waals surface area contributed by atoms with Crippen LogP contribution in [0.4, 0.5) is 17.6 Å². The second-order valence-electron chi connectivity index (χ2n) is 7.66. The zero-order valence-electron chi connectivity index (χ0n) is 19.1. The summed E-state index contributed by atoms with van der Waals surface area (Å²) in [5, 5.41) is 6.00. The Morgan fingerprint density at radius 1 is 1.08 bits per heavy atom. The molecule has 36 heavy (non-hydrogen) atoms. The fourth-order valence-electron chi connectivity index (χ4n) is 3.51. The molecular formula is C22H18F4N4O4S2. The van der Waals surface area contributed by atoms with Crippen molar-refractivity contribution >= 4 is 38.6 Å². The molecule has 14 heteroatoms. The molecule has 8 nitrogen and oxygen atoms in total. The molecule has 190 valence electrons. The van der Waals surface area contributed by atoms with Crippen molar-refractivity contribution in [1.82, 2.24) is 19.6 Å². The molecule has 0 fully saturated rings. The van der Waals surface area contributed by atoms with Crippen LogP contribution in [0.1, 0.15) is 24.0 Å². The normalized spacial score (nSPS) is 13.9. The maximum Gasteiger partial charge on any atom is 0.429 e. The Balaban J connectivity index is 1.43. The zero-order chi connectivity index (χ0) is 25.7. The summed E-state index contributed by atoms with van der Waals surface area (Å²) in [6.45, 7) is 0.950. The summed E-state index contributed by atoms with van der Waals surface area (Å²) < 4.78 is 78.2. The van der Waals surface area contributed by atoms with E-state index >= 15 is 0 Å². The molecule has 0 spiro atoms. The summed E-state index contributed by atoms with van der Waals surface area (Å²) >= 11 is 1.88. The number of hydrogen-bond acceptors (Lipinski definition) is 9. The third kappa shape index (κ3) is 4.13. The van der Waals surface area contributed by atoms with Crippen LogP contribution in [0.3, 0.4) is 0 Å². The molecule has 0 saturated carbocycles. The molecule has 4 heterocycles. The first-order valence-corrected chi connectivity index (χ1v) is 12.2. The average molecular weight is 543 g/mol. The molecule has 4 aromatic heterocycles. The minimum atomic E-state index is -5.06. The smallest absolute Gasteiger partial charge is 0.429 e. The number of rotatable bonds is 8. The van der Waals surface area contributed by atoms with Crippen LogP contribution >= 0.6 is 22.7 Å². The van der Waals surface area contributed by atoms with Gasteiger partial charge in [-0.05, 0) is 23.8 Å². The average Bonchev–Trinajstić information content (AvgIpc) is 3.62. The van der Waals surface area contributed by atoms with Crippen LogP contribution < -0.4 is 14.2 Å². The number of halogens is 4. The summed E-state index contributed by atoms with van der Waals surface area (Å²) in [7, 11) is 3.00. The molecular weight excluding hydrogens is 524 g/mol. The number of fused-ring (bicyclic) bond motifs is 2. The number of alkyl halides is 4. The monoisotopic (exact) mass is 542 g/mol. The number of nitrogens with zero attached hydrogens (tertiary/aromatic N) is 4. The molecule has 5 rings (SSSR count). The van der Waals surface area contributed by atoms with E-state index in [0.29, 0.717) is 55.4 Å². The molecule has 0 aliphatic heterocycles. The molecule has 1 aromatic carbocycles. The molecule has 0 bridgehead atoms. The van der Waals surface area contributed by atoms with Crippen LogP contribution in [-0.4, -0.2) is 40.0 Å². The van der Waals surface area contributed by atoms with Gasteiger partial charge in [0.05, 0.1) is 31.5 Å². The molecule has 1 atom stereocenters. The van der Waals surface area contributed by atoms with Gasteiger partial charge in [0, 0.05) is 17.5 Å². The van der Waals surface area contributed by atoms with Crippen molar-refractivity contribution in [1.29, 1.82) is 0 Å². The standard InChI is InChI=1S/C22H18F4N4O4S2/c1-4-21(23,22(24,25)26)18-27-11(10-35-18)9-33-15-5-12(31-2)6-16-13(15)7-17(34-16)14-8-30-19(28-14)36-20(29-30)32-3/h5-8,10H,4,9H2,1-3H3. The first-order valence-electron chi connectivity index (χ1n) is 10.5. The minimum Gasteiger partial charge on any atom is -0.496 e. The van der Waals surface area contributed by atoms with E-state index in [9.17, 15) is 17.6 Å². The van der Waals surface area contributed by atoms with E-state index in [0.717, 1.165) is 6.92 Å². The summed E-state index contributed by atoms with van der Waals surface area (Å²) in [5.41, 5.74) is -2.35. The SMILES string of the molecule is CCC(F)(c1nc(COc2cc(OC)cc3oc(-c4cn5nc(OC)sc5n4)cc23)cs1)C(F)(F)F. The molecule has 5 aromatic rings. The van der Waals surface area contributed by atoms with Crippen molar-refractivity contribution in [2.45, 2.75) is 31.8 Å². The molecule has 0 aliphatic carbocycles. The van der Waals surface area contributed by atoms with Gasteiger partial charge in [0.15, 0.2) is 5.76 Å². The van der Waals surface area contributed by atoms with Gasteiger partial charge in [-0.3, -0.25) is 0 Å². The van der Waals surface area contributed by atoms with Crippen LogP contribution in [0.25, 0.3) is 27.4 Å². The van der Waals surface area contributed by atoms with Gasteiger partial charge in [-0.2, -0.15) is 13.2 Å². The van der Waals surface area contributed by atoms with Gasteiger partial charge in [0.25, 0.3) is 10.9 Å². The van der Waals surface area contributed by atoms with Crippen molar-refractivity contribution < 1.29 is 36.2 Å². The Morgan fingerprint density at radius 2 is 1.89 bits per heavy atom. The highest BCUT2D eigenvalue weighted by Crippen LogP contribution is 2.46. The molecule has 0 radical (unpaired) electrons. The summed E-state index contributed by atoms with van der Waals surface area (Å²) in [6.07, 6.45) is -4.14. The lowest BCUT2D eigenvalue weighted by molar-refractivity contribution is -0.236. The Labute approximate surface area is 209 Å². The van der Waals surface area contributed by atoms with Crippen molar-refractivity contribution in [2.75, 3.05) is 14.2 Å². The van der Waals surface area contributed by atoms with Crippen molar-refractivity contribution in [3.63, 3.8) is 0 Å². The third-order valence-corrected chi connectivity index (χ3v) is 7.38. The number of ether oxygens (including phenoxy) is 3. The Hall–Kier alpha value is -3.39. The second-order valence-corrected chi connectivity index (χ2v) is 9.44. The van der Waals surface area contributed by atoms with E-state index < -0.39 is 23.3 Å². The number of aromatic nitrogens is 4. The van der Waals surface area contributed by atoms with E-state index in [2.05, 4.69) is 15.1 Å². The van der Waals surface area contributed by atoms with E-state index in [-0.39, 0.29) is 12.3 Å². The van der Waals surface area contributed by atoms with Crippen LogP contribution in [0, 0.1) is 0 Å². The fraction of sp³-hybridized carbons (Fsp3) is 0.318. The fourth-order valence-corrected chi connectivity index (χ4v) is 5.19. The zero-order valence-corrected chi connectivity index (χ0v) is 20.7. The van der Waals surface area contributed by atoms with E-state index in [1.54, 1.807) is 28.9 Å². The predicted octanol–water partition coefficient (Wildman–Crippen LogP) is 6.39. The Morgan fingerprint density at radius 3 is 2.56 bits per heavy atom. The van der Waals surface area contributed by atoms with E-state index in [1.165, 1.54) is 30.9 Å². The predicted molar refractivity (Wildman–Crippen MR) is 125 cm³/mol. The van der Waals surface area contributed by atoms with Crippen LogP contribution in [-0.2, 0) is 12.3 Å². The van der Waals surface area contributed by atoms with Gasteiger partial charge < -0.3 is 18.6 Å². The van der Waals surface area contributed by atoms with Crippen LogP contribution in [0.15, 0.2) is 34.2 Å². The number of hydrogen-bond donors (Lipinski definition) is 0. The highest BCUT2D eigenvalue weighted by Gasteiger charge is 2.58. The molecule has 0 N–H and O–H groups in total. The van der Waals surface area contributed by atoms with Gasteiger partial charge in [0.1, 0.15) is 34.4 Å². The van der Waals surface area contributed by atoms with Crippen LogP contribution in [0.5, 0.6) is 16.7 Å². The number of thiazole rings is 1. The van der Waals surface area contributed by atoms with E-state index in [4.69, 9.17) is 18.6 Å². The number of furan rings is 1. The van der Waals surface area contributed by atoms with Gasteiger partial charge >= 0.3 is 6.18 Å². The van der Waals surface area contributed by atoms with Crippen molar-refractivity contribution in [2.24, 2.45) is 0 Å². The molecule has 0 saturated heterocycles. The van der Waals surface area contributed by atoms with Gasteiger partial charge in [0.2, 0.25) is 4.96 Å². The van der Waals surface area contributed by atoms with Crippen molar-refractivity contribution in [3.8, 4) is 28.1 Å². The molecule has 1 unspecified atom stereocenters. The largest absolute Gasteiger partial charge is 0.496 e. The highest BCUT2D eigenvalue weighted by atomic mass is 32.1. The first kappa shape index (κ1) is 24.3. The highest BCUT2D eigenvalue weighted by molar-refractivity contribution is 7.18. The Bertz CT molecular complexity index is 1510. The van der Waals surface area contributed by atoms with E-state index in [1.807, 2.05) is 0 Å². The lowest BCUT2D eigenvalue weighted by atomic mass is 10.0. The third-order valence-electron chi connectivity index (χ3n) is 5.46.